The van der Waals surface area contributed by atoms with Gasteiger partial charge in [-0.05, 0) is 36.8 Å². The molecular weight excluding hydrogens is 419 g/mol. The zero-order chi connectivity index (χ0) is 21.0. The summed E-state index contributed by atoms with van der Waals surface area (Å²) in [6.07, 6.45) is -4.75. The van der Waals surface area contributed by atoms with Crippen molar-refractivity contribution in [2.45, 2.75) is 27.3 Å². The van der Waals surface area contributed by atoms with E-state index in [1.165, 1.54) is 31.4 Å². The summed E-state index contributed by atoms with van der Waals surface area (Å²) in [6, 6.07) is 8.75. The summed E-state index contributed by atoms with van der Waals surface area (Å²) in [4.78, 5) is -1.86. The van der Waals surface area contributed by atoms with Gasteiger partial charge in [0, 0.05) is 20.3 Å². The zero-order valence-electron chi connectivity index (χ0n) is 14.7. The van der Waals surface area contributed by atoms with Gasteiger partial charge in [0.1, 0.15) is 0 Å². The molecule has 2 aromatic carbocycles. The zero-order valence-corrected chi connectivity index (χ0v) is 16.4. The molecule has 0 aromatic heterocycles. The quantitative estimate of drug-likeness (QED) is 0.642. The number of nitrogens with one attached hydrogen (secondary N) is 1. The van der Waals surface area contributed by atoms with E-state index in [1.54, 1.807) is 6.07 Å². The third kappa shape index (κ3) is 5.10. The van der Waals surface area contributed by atoms with Crippen LogP contribution in [0.5, 0.6) is 0 Å². The largest absolute Gasteiger partial charge is 0.417 e. The second-order valence-corrected chi connectivity index (χ2v) is 9.40. The summed E-state index contributed by atoms with van der Waals surface area (Å²) in [5.74, 6) is 0. The number of hydrogen-bond donors (Lipinski definition) is 1. The summed E-state index contributed by atoms with van der Waals surface area (Å²) in [5, 5.41) is 0. The van der Waals surface area contributed by atoms with Crippen molar-refractivity contribution in [3.8, 4) is 0 Å². The van der Waals surface area contributed by atoms with Crippen molar-refractivity contribution in [3.05, 3.63) is 54.1 Å². The molecule has 0 saturated heterocycles. The maximum absolute atomic E-state index is 13.3. The third-order valence-corrected chi connectivity index (χ3v) is 7.00. The minimum absolute atomic E-state index is 0.161. The van der Waals surface area contributed by atoms with E-state index in [0.717, 1.165) is 6.07 Å². The van der Waals surface area contributed by atoms with Crippen LogP contribution in [-0.4, -0.2) is 37.1 Å². The standard InChI is InChI=1S/C17H18F3NO5S2/c1-26-11-5-10-21-28(24,25)16-12-14(8-9-15(16)17(18,19)20)27(22,23)13-6-3-2-4-7-13/h2-4,6-9,12,21H,5,10-11H2,1H3. The average molecular weight is 437 g/mol. The molecule has 0 amide bonds. The van der Waals surface area contributed by atoms with Crippen molar-refractivity contribution >= 4 is 19.9 Å². The molecule has 1 N–H and O–H groups in total. The van der Waals surface area contributed by atoms with E-state index in [1.807, 2.05) is 4.72 Å². The van der Waals surface area contributed by atoms with E-state index in [0.29, 0.717) is 12.1 Å². The Hall–Kier alpha value is -1.95. The number of ether oxygens (including phenoxy) is 1. The molecule has 11 heteroatoms. The lowest BCUT2D eigenvalue weighted by molar-refractivity contribution is -0.139. The molecule has 2 rings (SSSR count). The molecule has 0 fully saturated rings. The number of methoxy groups -OCH3 is 1. The Labute approximate surface area is 161 Å². The summed E-state index contributed by atoms with van der Waals surface area (Å²) in [7, 11) is -7.41. The predicted molar refractivity (Wildman–Crippen MR) is 95.0 cm³/mol. The Kier molecular flexibility index (Phi) is 6.86. The number of alkyl halides is 3. The maximum atomic E-state index is 13.3. The normalized spacial score (nSPS) is 12.9. The summed E-state index contributed by atoms with van der Waals surface area (Å²) >= 11 is 0. The van der Waals surface area contributed by atoms with Gasteiger partial charge in [0.25, 0.3) is 0 Å². The Balaban J connectivity index is 2.55. The van der Waals surface area contributed by atoms with Crippen LogP contribution in [0, 0.1) is 0 Å². The van der Waals surface area contributed by atoms with E-state index in [2.05, 4.69) is 0 Å². The van der Waals surface area contributed by atoms with E-state index in [9.17, 15) is 30.0 Å². The maximum Gasteiger partial charge on any atom is 0.417 e. The number of benzene rings is 2. The molecule has 0 heterocycles. The van der Waals surface area contributed by atoms with Crippen LogP contribution in [0.15, 0.2) is 63.2 Å². The fourth-order valence-electron chi connectivity index (χ4n) is 2.36. The predicted octanol–water partition coefficient (Wildman–Crippen LogP) is 2.85. The molecule has 0 aliphatic rings. The van der Waals surface area contributed by atoms with Gasteiger partial charge in [0.2, 0.25) is 19.9 Å². The van der Waals surface area contributed by atoms with Crippen LogP contribution in [-0.2, 0) is 30.8 Å². The van der Waals surface area contributed by atoms with Crippen molar-refractivity contribution in [2.75, 3.05) is 20.3 Å². The highest BCUT2D eigenvalue weighted by atomic mass is 32.2. The molecule has 0 bridgehead atoms. The van der Waals surface area contributed by atoms with Gasteiger partial charge in [-0.25, -0.2) is 21.6 Å². The van der Waals surface area contributed by atoms with Gasteiger partial charge in [-0.15, -0.1) is 0 Å². The van der Waals surface area contributed by atoms with E-state index < -0.39 is 41.4 Å². The van der Waals surface area contributed by atoms with Crippen LogP contribution >= 0.6 is 0 Å². The van der Waals surface area contributed by atoms with Gasteiger partial charge in [0.05, 0.1) is 20.2 Å². The van der Waals surface area contributed by atoms with Crippen molar-refractivity contribution in [1.29, 1.82) is 0 Å². The molecule has 2 aromatic rings. The molecule has 0 aliphatic carbocycles. The highest BCUT2D eigenvalue weighted by Gasteiger charge is 2.38. The lowest BCUT2D eigenvalue weighted by atomic mass is 10.2. The van der Waals surface area contributed by atoms with Gasteiger partial charge < -0.3 is 4.74 Å². The molecule has 6 nitrogen and oxygen atoms in total. The van der Waals surface area contributed by atoms with E-state index in [-0.39, 0.29) is 24.5 Å². The molecule has 0 spiro atoms. The second-order valence-electron chi connectivity index (χ2n) is 5.72. The van der Waals surface area contributed by atoms with Crippen molar-refractivity contribution in [1.82, 2.24) is 4.72 Å². The second kappa shape index (κ2) is 8.60. The Morgan fingerprint density at radius 2 is 1.61 bits per heavy atom. The molecule has 0 radical (unpaired) electrons. The first kappa shape index (κ1) is 22.3. The van der Waals surface area contributed by atoms with Crippen molar-refractivity contribution < 1.29 is 34.7 Å². The highest BCUT2D eigenvalue weighted by Crippen LogP contribution is 2.36. The number of hydrogen-bond acceptors (Lipinski definition) is 5. The number of sulfonamides is 1. The molecule has 0 aliphatic heterocycles. The molecule has 154 valence electrons. The van der Waals surface area contributed by atoms with Gasteiger partial charge in [0.15, 0.2) is 0 Å². The van der Waals surface area contributed by atoms with Crippen LogP contribution in [0.2, 0.25) is 0 Å². The Morgan fingerprint density at radius 1 is 0.964 bits per heavy atom. The summed E-state index contributed by atoms with van der Waals surface area (Å²) in [6.45, 7) is 0.0419. The minimum Gasteiger partial charge on any atom is -0.385 e. The molecular formula is C17H18F3NO5S2. The fourth-order valence-corrected chi connectivity index (χ4v) is 5.07. The topological polar surface area (TPSA) is 89.5 Å². The number of rotatable bonds is 8. The molecule has 0 atom stereocenters. The summed E-state index contributed by atoms with van der Waals surface area (Å²) in [5.41, 5.74) is -1.45. The van der Waals surface area contributed by atoms with Gasteiger partial charge in [-0.3, -0.25) is 0 Å². The van der Waals surface area contributed by atoms with Gasteiger partial charge >= 0.3 is 6.18 Å². The van der Waals surface area contributed by atoms with Crippen LogP contribution in [0.3, 0.4) is 0 Å². The minimum atomic E-state index is -4.98. The van der Waals surface area contributed by atoms with Crippen LogP contribution in [0.1, 0.15) is 12.0 Å². The van der Waals surface area contributed by atoms with Gasteiger partial charge in [-0.2, -0.15) is 13.2 Å². The van der Waals surface area contributed by atoms with Crippen LogP contribution in [0.4, 0.5) is 13.2 Å². The average Bonchev–Trinajstić information content (AvgIpc) is 2.65. The summed E-state index contributed by atoms with van der Waals surface area (Å²) < 4.78 is 96.9. The van der Waals surface area contributed by atoms with E-state index >= 15 is 0 Å². The third-order valence-electron chi connectivity index (χ3n) is 3.73. The van der Waals surface area contributed by atoms with Crippen molar-refractivity contribution in [2.24, 2.45) is 0 Å². The molecule has 28 heavy (non-hydrogen) atoms. The monoisotopic (exact) mass is 437 g/mol. The smallest absolute Gasteiger partial charge is 0.385 e. The number of sulfone groups is 1. The first-order valence-electron chi connectivity index (χ1n) is 8.00. The van der Waals surface area contributed by atoms with Gasteiger partial charge in [-0.1, -0.05) is 18.2 Å². The Morgan fingerprint density at radius 3 is 2.18 bits per heavy atom. The lowest BCUT2D eigenvalue weighted by Gasteiger charge is -2.15. The highest BCUT2D eigenvalue weighted by molar-refractivity contribution is 7.91. The van der Waals surface area contributed by atoms with Crippen molar-refractivity contribution in [3.63, 3.8) is 0 Å². The SMILES string of the molecule is COCCCNS(=O)(=O)c1cc(S(=O)(=O)c2ccccc2)ccc1C(F)(F)F. The lowest BCUT2D eigenvalue weighted by Crippen LogP contribution is -2.28. The van der Waals surface area contributed by atoms with Crippen LogP contribution in [0.25, 0.3) is 0 Å². The van der Waals surface area contributed by atoms with E-state index in [4.69, 9.17) is 4.74 Å². The van der Waals surface area contributed by atoms with Crippen LogP contribution < -0.4 is 4.72 Å². The number of halogens is 3. The Bertz CT molecular complexity index is 1020. The fraction of sp³-hybridized carbons (Fsp3) is 0.294. The first-order valence-corrected chi connectivity index (χ1v) is 11.0. The molecule has 0 saturated carbocycles. The molecule has 0 unspecified atom stereocenters. The first-order chi connectivity index (χ1) is 13.0.